The maximum absolute atomic E-state index is 12.3. The number of likely N-dealkylation sites (tertiary alicyclic amines) is 1. The molecular formula is C14H21NO3. The lowest BCUT2D eigenvalue weighted by Gasteiger charge is -2.31. The van der Waals surface area contributed by atoms with Crippen LogP contribution in [0.5, 0.6) is 0 Å². The van der Waals surface area contributed by atoms with Crippen LogP contribution in [0.15, 0.2) is 11.6 Å². The molecule has 1 unspecified atom stereocenters. The highest BCUT2D eigenvalue weighted by atomic mass is 16.4. The monoisotopic (exact) mass is 251 g/mol. The van der Waals surface area contributed by atoms with Gasteiger partial charge in [-0.05, 0) is 45.4 Å². The average Bonchev–Trinajstić information content (AvgIpc) is 2.74. The molecule has 0 aromatic rings. The van der Waals surface area contributed by atoms with Crippen molar-refractivity contribution in [2.75, 3.05) is 6.54 Å². The highest BCUT2D eigenvalue weighted by Crippen LogP contribution is 2.31. The Hall–Kier alpha value is -1.32. The first-order valence-corrected chi connectivity index (χ1v) is 6.76. The minimum absolute atomic E-state index is 0.0226. The predicted molar refractivity (Wildman–Crippen MR) is 68.2 cm³/mol. The fourth-order valence-corrected chi connectivity index (χ4v) is 2.94. The van der Waals surface area contributed by atoms with E-state index in [1.54, 1.807) is 11.8 Å². The summed E-state index contributed by atoms with van der Waals surface area (Å²) in [6.07, 6.45) is 8.30. The summed E-state index contributed by atoms with van der Waals surface area (Å²) in [6.45, 7) is 2.24. The molecule has 0 bridgehead atoms. The van der Waals surface area contributed by atoms with Gasteiger partial charge in [0.1, 0.15) is 5.54 Å². The van der Waals surface area contributed by atoms with Crippen LogP contribution < -0.4 is 0 Å². The molecule has 0 saturated carbocycles. The third-order valence-electron chi connectivity index (χ3n) is 4.17. The number of aliphatic carboxylic acids is 1. The first-order chi connectivity index (χ1) is 8.54. The number of carbonyl (C=O) groups excluding carboxylic acids is 1. The fourth-order valence-electron chi connectivity index (χ4n) is 2.94. The van der Waals surface area contributed by atoms with Gasteiger partial charge in [-0.1, -0.05) is 11.6 Å². The number of amides is 1. The first kappa shape index (κ1) is 13.1. The van der Waals surface area contributed by atoms with Gasteiger partial charge in [-0.15, -0.1) is 0 Å². The van der Waals surface area contributed by atoms with Gasteiger partial charge in [0.05, 0.1) is 0 Å². The molecule has 1 heterocycles. The van der Waals surface area contributed by atoms with Crippen molar-refractivity contribution in [3.63, 3.8) is 0 Å². The van der Waals surface area contributed by atoms with Crippen molar-refractivity contribution in [3.8, 4) is 0 Å². The molecule has 18 heavy (non-hydrogen) atoms. The minimum Gasteiger partial charge on any atom is -0.480 e. The number of carboxylic acids is 1. The lowest BCUT2D eigenvalue weighted by Crippen LogP contribution is -2.50. The molecular weight excluding hydrogens is 230 g/mol. The molecule has 4 nitrogen and oxygen atoms in total. The number of allylic oxidation sites excluding steroid dienone is 1. The van der Waals surface area contributed by atoms with Gasteiger partial charge in [-0.2, -0.15) is 0 Å². The minimum atomic E-state index is -0.994. The van der Waals surface area contributed by atoms with E-state index in [1.807, 2.05) is 0 Å². The van der Waals surface area contributed by atoms with Gasteiger partial charge in [0, 0.05) is 13.0 Å². The lowest BCUT2D eigenvalue weighted by molar-refractivity contribution is -0.155. The molecule has 0 aromatic heterocycles. The van der Waals surface area contributed by atoms with Gasteiger partial charge >= 0.3 is 5.97 Å². The molecule has 0 radical (unpaired) electrons. The maximum Gasteiger partial charge on any atom is 0.329 e. The van der Waals surface area contributed by atoms with Crippen LogP contribution in [-0.2, 0) is 9.59 Å². The second-order valence-corrected chi connectivity index (χ2v) is 5.51. The summed E-state index contributed by atoms with van der Waals surface area (Å²) >= 11 is 0. The predicted octanol–water partition coefficient (Wildman–Crippen LogP) is 2.34. The van der Waals surface area contributed by atoms with E-state index in [0.29, 0.717) is 19.4 Å². The molecule has 0 spiro atoms. The van der Waals surface area contributed by atoms with Gasteiger partial charge in [-0.3, -0.25) is 4.79 Å². The van der Waals surface area contributed by atoms with Crippen LogP contribution in [0.3, 0.4) is 0 Å². The third kappa shape index (κ3) is 2.42. The van der Waals surface area contributed by atoms with Crippen molar-refractivity contribution >= 4 is 11.9 Å². The van der Waals surface area contributed by atoms with E-state index in [1.165, 1.54) is 12.0 Å². The standard InChI is InChI=1S/C14H21NO3/c1-14(13(17)18)8-5-9-15(14)12(16)10-11-6-3-2-4-7-11/h6H,2-5,7-10H2,1H3,(H,17,18). The Kier molecular flexibility index (Phi) is 3.73. The summed E-state index contributed by atoms with van der Waals surface area (Å²) in [5.74, 6) is -0.906. The number of carboxylic acid groups (broad SMARTS) is 1. The Morgan fingerprint density at radius 1 is 1.39 bits per heavy atom. The van der Waals surface area contributed by atoms with Gasteiger partial charge in [0.25, 0.3) is 0 Å². The zero-order chi connectivity index (χ0) is 13.2. The summed E-state index contributed by atoms with van der Waals surface area (Å²) in [6, 6.07) is 0. The summed E-state index contributed by atoms with van der Waals surface area (Å²) in [7, 11) is 0. The van der Waals surface area contributed by atoms with E-state index in [4.69, 9.17) is 0 Å². The molecule has 1 atom stereocenters. The molecule has 1 fully saturated rings. The fraction of sp³-hybridized carbons (Fsp3) is 0.714. The molecule has 1 aliphatic carbocycles. The van der Waals surface area contributed by atoms with Crippen LogP contribution in [0.4, 0.5) is 0 Å². The van der Waals surface area contributed by atoms with Crippen LogP contribution in [0.2, 0.25) is 0 Å². The van der Waals surface area contributed by atoms with Crippen molar-refractivity contribution in [1.82, 2.24) is 4.90 Å². The van der Waals surface area contributed by atoms with E-state index in [9.17, 15) is 14.7 Å². The second-order valence-electron chi connectivity index (χ2n) is 5.51. The van der Waals surface area contributed by atoms with Crippen molar-refractivity contribution in [2.24, 2.45) is 0 Å². The van der Waals surface area contributed by atoms with Crippen LogP contribution >= 0.6 is 0 Å². The smallest absolute Gasteiger partial charge is 0.329 e. The highest BCUT2D eigenvalue weighted by molar-refractivity contribution is 5.88. The SMILES string of the molecule is CC1(C(=O)O)CCCN1C(=O)CC1=CCCCC1. The Balaban J connectivity index is 2.04. The summed E-state index contributed by atoms with van der Waals surface area (Å²) in [5.41, 5.74) is 0.192. The number of rotatable bonds is 3. The second kappa shape index (κ2) is 5.12. The molecule has 1 aliphatic heterocycles. The summed E-state index contributed by atoms with van der Waals surface area (Å²) in [5, 5.41) is 9.29. The van der Waals surface area contributed by atoms with Crippen molar-refractivity contribution in [1.29, 1.82) is 0 Å². The van der Waals surface area contributed by atoms with Gasteiger partial charge in [0.15, 0.2) is 0 Å². The van der Waals surface area contributed by atoms with E-state index in [0.717, 1.165) is 25.7 Å². The third-order valence-corrected chi connectivity index (χ3v) is 4.17. The molecule has 1 amide bonds. The van der Waals surface area contributed by atoms with E-state index in [-0.39, 0.29) is 5.91 Å². The Labute approximate surface area is 108 Å². The number of carbonyl (C=O) groups is 2. The normalized spacial score (nSPS) is 28.1. The van der Waals surface area contributed by atoms with Crippen LogP contribution in [-0.4, -0.2) is 34.0 Å². The van der Waals surface area contributed by atoms with Crippen molar-refractivity contribution < 1.29 is 14.7 Å². The topological polar surface area (TPSA) is 57.6 Å². The van der Waals surface area contributed by atoms with E-state index < -0.39 is 11.5 Å². The van der Waals surface area contributed by atoms with Gasteiger partial charge in [-0.25, -0.2) is 4.79 Å². The van der Waals surface area contributed by atoms with Crippen LogP contribution in [0, 0.1) is 0 Å². The first-order valence-electron chi connectivity index (χ1n) is 6.76. The quantitative estimate of drug-likeness (QED) is 0.783. The molecule has 0 aromatic carbocycles. The molecule has 4 heteroatoms. The van der Waals surface area contributed by atoms with Gasteiger partial charge < -0.3 is 10.0 Å². The largest absolute Gasteiger partial charge is 0.480 e. The zero-order valence-electron chi connectivity index (χ0n) is 10.9. The molecule has 1 N–H and O–H groups in total. The van der Waals surface area contributed by atoms with Gasteiger partial charge in [0.2, 0.25) is 5.91 Å². The van der Waals surface area contributed by atoms with E-state index >= 15 is 0 Å². The van der Waals surface area contributed by atoms with E-state index in [2.05, 4.69) is 6.08 Å². The number of hydrogen-bond acceptors (Lipinski definition) is 2. The molecule has 2 rings (SSSR count). The maximum atomic E-state index is 12.3. The molecule has 1 saturated heterocycles. The average molecular weight is 251 g/mol. The Bertz CT molecular complexity index is 389. The Morgan fingerprint density at radius 3 is 2.78 bits per heavy atom. The lowest BCUT2D eigenvalue weighted by atomic mass is 9.95. The van der Waals surface area contributed by atoms with Crippen molar-refractivity contribution in [3.05, 3.63) is 11.6 Å². The van der Waals surface area contributed by atoms with Crippen LogP contribution in [0.25, 0.3) is 0 Å². The highest BCUT2D eigenvalue weighted by Gasteiger charge is 2.45. The summed E-state index contributed by atoms with van der Waals surface area (Å²) in [4.78, 5) is 25.1. The number of nitrogens with zero attached hydrogens (tertiary/aromatic N) is 1. The summed E-state index contributed by atoms with van der Waals surface area (Å²) < 4.78 is 0. The van der Waals surface area contributed by atoms with Crippen molar-refractivity contribution in [2.45, 2.75) is 57.4 Å². The molecule has 2 aliphatic rings. The number of hydrogen-bond donors (Lipinski definition) is 1. The van der Waals surface area contributed by atoms with Crippen LogP contribution in [0.1, 0.15) is 51.9 Å². The Morgan fingerprint density at radius 2 is 2.17 bits per heavy atom. The zero-order valence-corrected chi connectivity index (χ0v) is 10.9. The molecule has 100 valence electrons.